The van der Waals surface area contributed by atoms with Gasteiger partial charge in [-0.1, -0.05) is 0 Å². The Kier molecular flexibility index (Phi) is 21.8. The lowest BCUT2D eigenvalue weighted by Gasteiger charge is -2.12. The Morgan fingerprint density at radius 2 is 0.920 bits per heavy atom. The molecule has 0 amide bonds. The highest BCUT2D eigenvalue weighted by Crippen LogP contribution is 2.07. The summed E-state index contributed by atoms with van der Waals surface area (Å²) in [7, 11) is 0. The molecule has 13 heteroatoms. The highest BCUT2D eigenvalue weighted by Gasteiger charge is 2.09. The maximum atomic E-state index is 6.04. The molecule has 0 saturated heterocycles. The van der Waals surface area contributed by atoms with Gasteiger partial charge in [0.05, 0.1) is 50.4 Å². The summed E-state index contributed by atoms with van der Waals surface area (Å²) in [6.07, 6.45) is 0.952. The van der Waals surface area contributed by atoms with Crippen LogP contribution in [-0.4, -0.2) is 62.2 Å². The van der Waals surface area contributed by atoms with Crippen molar-refractivity contribution in [2.75, 3.05) is 51.4 Å². The SMILES string of the molecule is ClCCOOOOCCC(Cl)COCC(Cl)CCOOOOCCCl. The van der Waals surface area contributed by atoms with E-state index in [0.717, 1.165) is 0 Å². The van der Waals surface area contributed by atoms with Gasteiger partial charge in [0.2, 0.25) is 0 Å². The topological polar surface area (TPSA) is 83.1 Å². The maximum Gasteiger partial charge on any atom is 0.0990 e. The van der Waals surface area contributed by atoms with Gasteiger partial charge in [-0.2, -0.15) is 0 Å². The first kappa shape index (κ1) is 25.8. The molecule has 9 nitrogen and oxygen atoms in total. The Balaban J connectivity index is 3.29. The monoisotopic (exact) mass is 450 g/mol. The summed E-state index contributed by atoms with van der Waals surface area (Å²) in [6.45, 7) is 1.35. The van der Waals surface area contributed by atoms with Crippen LogP contribution in [0.5, 0.6) is 0 Å². The first-order valence-corrected chi connectivity index (χ1v) is 9.28. The van der Waals surface area contributed by atoms with E-state index >= 15 is 0 Å². The number of hydrogen-bond acceptors (Lipinski definition) is 9. The van der Waals surface area contributed by atoms with Crippen LogP contribution < -0.4 is 0 Å². The van der Waals surface area contributed by atoms with Crippen LogP contribution in [0.3, 0.4) is 0 Å². The van der Waals surface area contributed by atoms with E-state index < -0.39 is 0 Å². The van der Waals surface area contributed by atoms with E-state index in [-0.39, 0.29) is 48.9 Å². The summed E-state index contributed by atoms with van der Waals surface area (Å²) in [5.41, 5.74) is 0. The third-order valence-corrected chi connectivity index (χ3v) is 3.19. The second-order valence-corrected chi connectivity index (χ2v) is 6.24. The molecule has 0 rings (SSSR count). The number of rotatable bonds is 20. The average Bonchev–Trinajstić information content (AvgIpc) is 2.60. The smallest absolute Gasteiger partial charge is 0.0990 e. The molecule has 0 spiro atoms. The molecule has 0 bridgehead atoms. The van der Waals surface area contributed by atoms with Crippen LogP contribution in [-0.2, 0) is 44.4 Å². The van der Waals surface area contributed by atoms with Crippen LogP contribution >= 0.6 is 46.4 Å². The second-order valence-electron chi connectivity index (χ2n) is 4.25. The standard InChI is InChI=1S/C12H22Cl4O9/c13-3-7-20-24-22-18-5-1-11(15)9-17-10-12(16)2-6-19-23-25-21-8-4-14/h11-12H,1-10H2. The molecule has 0 saturated carbocycles. The quantitative estimate of drug-likeness (QED) is 0.120. The summed E-state index contributed by atoms with van der Waals surface area (Å²) in [5, 5.41) is 16.4. The molecule has 0 aromatic rings. The molecule has 0 aromatic heterocycles. The Hall–Kier alpha value is 0.800. The fourth-order valence-corrected chi connectivity index (χ4v) is 1.60. The highest BCUT2D eigenvalue weighted by molar-refractivity contribution is 6.21. The lowest BCUT2D eigenvalue weighted by Crippen LogP contribution is -2.18. The van der Waals surface area contributed by atoms with Crippen molar-refractivity contribution in [3.63, 3.8) is 0 Å². The van der Waals surface area contributed by atoms with Crippen molar-refractivity contribution >= 4 is 46.4 Å². The van der Waals surface area contributed by atoms with Crippen LogP contribution in [0.4, 0.5) is 0 Å². The molecule has 0 N–H and O–H groups in total. The minimum absolute atomic E-state index is 0.183. The zero-order valence-corrected chi connectivity index (χ0v) is 16.4. The van der Waals surface area contributed by atoms with Crippen LogP contribution in [0.15, 0.2) is 0 Å². The molecular formula is C12H22Cl4O9. The predicted octanol–water partition coefficient (Wildman–Crippen LogP) is 3.10. The van der Waals surface area contributed by atoms with E-state index in [0.29, 0.717) is 26.1 Å². The van der Waals surface area contributed by atoms with Crippen molar-refractivity contribution in [3.05, 3.63) is 0 Å². The minimum Gasteiger partial charge on any atom is -0.378 e. The molecule has 152 valence electrons. The average molecular weight is 452 g/mol. The van der Waals surface area contributed by atoms with Gasteiger partial charge in [0.25, 0.3) is 0 Å². The van der Waals surface area contributed by atoms with Crippen molar-refractivity contribution in [2.24, 2.45) is 0 Å². The number of hydrogen-bond donors (Lipinski definition) is 0. The van der Waals surface area contributed by atoms with Gasteiger partial charge in [0.1, 0.15) is 0 Å². The maximum absolute atomic E-state index is 6.04. The van der Waals surface area contributed by atoms with Gasteiger partial charge in [-0.05, 0) is 33.0 Å². The molecule has 0 radical (unpaired) electrons. The van der Waals surface area contributed by atoms with Gasteiger partial charge in [-0.25, -0.2) is 19.6 Å². The molecule has 0 aliphatic carbocycles. The Morgan fingerprint density at radius 1 is 0.560 bits per heavy atom. The van der Waals surface area contributed by atoms with Crippen LogP contribution in [0, 0.1) is 0 Å². The molecule has 2 atom stereocenters. The van der Waals surface area contributed by atoms with Crippen molar-refractivity contribution in [1.82, 2.24) is 0 Å². The molecular weight excluding hydrogens is 430 g/mol. The van der Waals surface area contributed by atoms with Crippen molar-refractivity contribution in [3.8, 4) is 0 Å². The second kappa shape index (κ2) is 21.1. The van der Waals surface area contributed by atoms with Crippen LogP contribution in [0.2, 0.25) is 0 Å². The highest BCUT2D eigenvalue weighted by atomic mass is 35.5. The molecule has 2 unspecified atom stereocenters. The Bertz CT molecular complexity index is 245. The number of alkyl halides is 4. The van der Waals surface area contributed by atoms with E-state index in [4.69, 9.17) is 51.1 Å². The molecule has 0 heterocycles. The molecule has 0 aromatic carbocycles. The first-order valence-electron chi connectivity index (χ1n) is 7.34. The van der Waals surface area contributed by atoms with Crippen molar-refractivity contribution < 1.29 is 44.4 Å². The van der Waals surface area contributed by atoms with E-state index in [1.165, 1.54) is 0 Å². The minimum atomic E-state index is -0.275. The summed E-state index contributed by atoms with van der Waals surface area (Å²) >= 11 is 22.8. The van der Waals surface area contributed by atoms with Gasteiger partial charge >= 0.3 is 0 Å². The molecule has 0 aliphatic heterocycles. The zero-order chi connectivity index (χ0) is 18.6. The normalized spacial score (nSPS) is 13.9. The fourth-order valence-electron chi connectivity index (χ4n) is 1.12. The van der Waals surface area contributed by atoms with Gasteiger partial charge < -0.3 is 4.74 Å². The first-order chi connectivity index (χ1) is 12.2. The van der Waals surface area contributed by atoms with Gasteiger partial charge in [-0.15, -0.1) is 46.4 Å². The van der Waals surface area contributed by atoms with E-state index in [1.54, 1.807) is 0 Å². The van der Waals surface area contributed by atoms with Crippen LogP contribution in [0.25, 0.3) is 0 Å². The summed E-state index contributed by atoms with van der Waals surface area (Å²) in [5.74, 6) is 0.559. The predicted molar refractivity (Wildman–Crippen MR) is 88.9 cm³/mol. The van der Waals surface area contributed by atoms with E-state index in [2.05, 4.69) is 39.7 Å². The number of ether oxygens (including phenoxy) is 1. The largest absolute Gasteiger partial charge is 0.378 e. The lowest BCUT2D eigenvalue weighted by atomic mass is 10.3. The number of halogens is 4. The van der Waals surface area contributed by atoms with E-state index in [9.17, 15) is 0 Å². The third-order valence-electron chi connectivity index (χ3n) is 2.20. The lowest BCUT2D eigenvalue weighted by molar-refractivity contribution is -0.633. The molecule has 0 fully saturated rings. The van der Waals surface area contributed by atoms with Crippen molar-refractivity contribution in [2.45, 2.75) is 23.6 Å². The Morgan fingerprint density at radius 3 is 1.28 bits per heavy atom. The van der Waals surface area contributed by atoms with Crippen LogP contribution in [0.1, 0.15) is 12.8 Å². The summed E-state index contributed by atoms with van der Waals surface area (Å²) in [6, 6.07) is 0. The molecule has 0 aliphatic rings. The Labute approximate surface area is 166 Å². The summed E-state index contributed by atoms with van der Waals surface area (Å²) < 4.78 is 5.38. The zero-order valence-electron chi connectivity index (χ0n) is 13.4. The fraction of sp³-hybridized carbons (Fsp3) is 1.00. The summed E-state index contributed by atoms with van der Waals surface area (Å²) in [4.78, 5) is 18.2. The van der Waals surface area contributed by atoms with Gasteiger partial charge in [0, 0.05) is 11.8 Å². The molecule has 25 heavy (non-hydrogen) atoms. The van der Waals surface area contributed by atoms with E-state index in [1.807, 2.05) is 0 Å². The third kappa shape index (κ3) is 21.0. The van der Waals surface area contributed by atoms with Crippen molar-refractivity contribution in [1.29, 1.82) is 0 Å². The van der Waals surface area contributed by atoms with Gasteiger partial charge in [0.15, 0.2) is 0 Å². The van der Waals surface area contributed by atoms with Gasteiger partial charge in [-0.3, -0.25) is 0 Å².